The Morgan fingerprint density at radius 3 is 2.45 bits per heavy atom. The summed E-state index contributed by atoms with van der Waals surface area (Å²) in [6.07, 6.45) is 3.75. The lowest BCUT2D eigenvalue weighted by Gasteiger charge is -2.34. The SMILES string of the molecule is COC[C@@H](C)N(C(=O)C1CCC(C)CC1)c1cc(C#CC(C)(C)C)sc1C(=O)O. The summed E-state index contributed by atoms with van der Waals surface area (Å²) in [5, 5.41) is 9.79. The molecule has 0 unspecified atom stereocenters. The highest BCUT2D eigenvalue weighted by Crippen LogP contribution is 2.36. The molecule has 1 aliphatic rings. The van der Waals surface area contributed by atoms with Crippen molar-refractivity contribution in [1.29, 1.82) is 0 Å². The number of nitrogens with zero attached hydrogens (tertiary/aromatic N) is 1. The number of hydrogen-bond donors (Lipinski definition) is 1. The van der Waals surface area contributed by atoms with Gasteiger partial charge in [-0.25, -0.2) is 4.79 Å². The second-order valence-electron chi connectivity index (χ2n) is 9.10. The molecule has 1 saturated carbocycles. The van der Waals surface area contributed by atoms with E-state index in [1.165, 1.54) is 0 Å². The molecule has 0 aliphatic heterocycles. The number of thiophene rings is 1. The molecule has 1 atom stereocenters. The first-order valence-corrected chi connectivity index (χ1v) is 11.1. The van der Waals surface area contributed by atoms with Gasteiger partial charge in [-0.05, 0) is 65.4 Å². The summed E-state index contributed by atoms with van der Waals surface area (Å²) in [6, 6.07) is 1.49. The largest absolute Gasteiger partial charge is 0.477 e. The Morgan fingerprint density at radius 1 is 1.31 bits per heavy atom. The first kappa shape index (κ1) is 23.4. The third-order valence-electron chi connectivity index (χ3n) is 5.18. The number of methoxy groups -OCH3 is 1. The number of carboxylic acid groups (broad SMARTS) is 1. The van der Waals surface area contributed by atoms with Gasteiger partial charge in [0, 0.05) is 18.4 Å². The molecule has 1 fully saturated rings. The second kappa shape index (κ2) is 9.77. The van der Waals surface area contributed by atoms with Gasteiger partial charge in [0.2, 0.25) is 5.91 Å². The molecule has 2 rings (SSSR count). The Morgan fingerprint density at radius 2 is 1.93 bits per heavy atom. The minimum Gasteiger partial charge on any atom is -0.477 e. The quantitative estimate of drug-likeness (QED) is 0.656. The van der Waals surface area contributed by atoms with Crippen LogP contribution in [0.15, 0.2) is 6.07 Å². The Balaban J connectivity index is 2.46. The van der Waals surface area contributed by atoms with Crippen molar-refractivity contribution in [3.05, 3.63) is 15.8 Å². The van der Waals surface area contributed by atoms with Crippen LogP contribution in [0.25, 0.3) is 0 Å². The van der Waals surface area contributed by atoms with Crippen molar-refractivity contribution < 1.29 is 19.4 Å². The Bertz CT molecular complexity index is 788. The van der Waals surface area contributed by atoms with Gasteiger partial charge in [0.25, 0.3) is 0 Å². The van der Waals surface area contributed by atoms with E-state index in [1.54, 1.807) is 18.1 Å². The topological polar surface area (TPSA) is 66.8 Å². The molecular weight excluding hydrogens is 386 g/mol. The summed E-state index contributed by atoms with van der Waals surface area (Å²) >= 11 is 1.13. The molecule has 1 aliphatic carbocycles. The van der Waals surface area contributed by atoms with Crippen LogP contribution in [0.3, 0.4) is 0 Å². The minimum absolute atomic E-state index is 0.00270. The molecule has 160 valence electrons. The molecule has 1 aromatic heterocycles. The van der Waals surface area contributed by atoms with E-state index in [0.29, 0.717) is 23.1 Å². The van der Waals surface area contributed by atoms with Gasteiger partial charge in [0.15, 0.2) is 0 Å². The summed E-state index contributed by atoms with van der Waals surface area (Å²) < 4.78 is 5.29. The van der Waals surface area contributed by atoms with Crippen molar-refractivity contribution in [2.75, 3.05) is 18.6 Å². The van der Waals surface area contributed by atoms with E-state index in [1.807, 2.05) is 27.7 Å². The van der Waals surface area contributed by atoms with Crippen LogP contribution in [-0.2, 0) is 9.53 Å². The zero-order valence-corrected chi connectivity index (χ0v) is 19.2. The standard InChI is InChI=1S/C23H33NO4S/c1-15-7-9-17(10-8-15)21(25)24(16(2)14-28-6)19-13-18(11-12-23(3,4)5)29-20(19)22(26)27/h13,15-17H,7-10,14H2,1-6H3,(H,26,27)/t15?,16-,17?/m1/s1. The van der Waals surface area contributed by atoms with Gasteiger partial charge in [-0.3, -0.25) is 4.79 Å². The fourth-order valence-corrected chi connectivity index (χ4v) is 4.46. The average molecular weight is 420 g/mol. The predicted octanol–water partition coefficient (Wildman–Crippen LogP) is 5.04. The zero-order valence-electron chi connectivity index (χ0n) is 18.4. The first-order chi connectivity index (χ1) is 13.5. The van der Waals surface area contributed by atoms with E-state index >= 15 is 0 Å². The Kier molecular flexibility index (Phi) is 7.90. The van der Waals surface area contributed by atoms with Crippen molar-refractivity contribution in [3.8, 4) is 11.8 Å². The number of anilines is 1. The van der Waals surface area contributed by atoms with E-state index < -0.39 is 5.97 Å². The van der Waals surface area contributed by atoms with Gasteiger partial charge in [0.1, 0.15) is 4.88 Å². The van der Waals surface area contributed by atoms with Crippen molar-refractivity contribution in [1.82, 2.24) is 0 Å². The minimum atomic E-state index is -1.03. The maximum Gasteiger partial charge on any atom is 0.348 e. The van der Waals surface area contributed by atoms with Crippen LogP contribution in [0, 0.1) is 29.1 Å². The van der Waals surface area contributed by atoms with Crippen LogP contribution in [0.2, 0.25) is 0 Å². The number of carbonyl (C=O) groups is 2. The lowest BCUT2D eigenvalue weighted by atomic mass is 9.82. The van der Waals surface area contributed by atoms with Crippen LogP contribution >= 0.6 is 11.3 Å². The van der Waals surface area contributed by atoms with Crippen molar-refractivity contribution in [3.63, 3.8) is 0 Å². The van der Waals surface area contributed by atoms with Gasteiger partial charge in [-0.15, -0.1) is 11.3 Å². The van der Waals surface area contributed by atoms with Crippen molar-refractivity contribution >= 4 is 28.9 Å². The van der Waals surface area contributed by atoms with Crippen LogP contribution in [0.4, 0.5) is 5.69 Å². The van der Waals surface area contributed by atoms with E-state index in [4.69, 9.17) is 4.74 Å². The third-order valence-corrected chi connectivity index (χ3v) is 6.21. The van der Waals surface area contributed by atoms with Crippen molar-refractivity contribution in [2.24, 2.45) is 17.3 Å². The molecule has 0 aromatic carbocycles. The fraction of sp³-hybridized carbons (Fsp3) is 0.652. The summed E-state index contributed by atoms with van der Waals surface area (Å²) in [4.78, 5) is 27.9. The maximum absolute atomic E-state index is 13.5. The lowest BCUT2D eigenvalue weighted by Crippen LogP contribution is -2.45. The lowest BCUT2D eigenvalue weighted by molar-refractivity contribution is -0.124. The summed E-state index contributed by atoms with van der Waals surface area (Å²) in [5.41, 5.74) is 0.249. The normalized spacial score (nSPS) is 20.5. The predicted molar refractivity (Wildman–Crippen MR) is 118 cm³/mol. The number of carbonyl (C=O) groups excluding carboxylic acids is 1. The monoisotopic (exact) mass is 419 g/mol. The van der Waals surface area contributed by atoms with Gasteiger partial charge >= 0.3 is 5.97 Å². The summed E-state index contributed by atoms with van der Waals surface area (Å²) in [5.74, 6) is 5.76. The number of amides is 1. The molecule has 0 spiro atoms. The third kappa shape index (κ3) is 6.32. The fourth-order valence-electron chi connectivity index (χ4n) is 3.62. The van der Waals surface area contributed by atoms with Gasteiger partial charge in [-0.2, -0.15) is 0 Å². The van der Waals surface area contributed by atoms with Gasteiger partial charge in [0.05, 0.1) is 23.2 Å². The highest BCUT2D eigenvalue weighted by molar-refractivity contribution is 7.15. The molecule has 1 aromatic rings. The van der Waals surface area contributed by atoms with Crippen LogP contribution in [0.5, 0.6) is 0 Å². The van der Waals surface area contributed by atoms with Gasteiger partial charge in [-0.1, -0.05) is 18.8 Å². The molecule has 29 heavy (non-hydrogen) atoms. The zero-order chi connectivity index (χ0) is 21.8. The van der Waals surface area contributed by atoms with E-state index in [9.17, 15) is 14.7 Å². The van der Waals surface area contributed by atoms with Crippen molar-refractivity contribution in [2.45, 2.75) is 66.3 Å². The molecule has 1 amide bonds. The maximum atomic E-state index is 13.5. The summed E-state index contributed by atoms with van der Waals surface area (Å²) in [6.45, 7) is 10.5. The summed E-state index contributed by atoms with van der Waals surface area (Å²) in [7, 11) is 1.59. The molecule has 0 radical (unpaired) electrons. The van der Waals surface area contributed by atoms with Gasteiger partial charge < -0.3 is 14.7 Å². The molecule has 6 heteroatoms. The number of ether oxygens (including phenoxy) is 1. The number of aromatic carboxylic acids is 1. The first-order valence-electron chi connectivity index (χ1n) is 10.3. The van der Waals surface area contributed by atoms with E-state index in [2.05, 4.69) is 18.8 Å². The average Bonchev–Trinajstić information content (AvgIpc) is 3.04. The molecule has 1 N–H and O–H groups in total. The molecule has 1 heterocycles. The smallest absolute Gasteiger partial charge is 0.348 e. The van der Waals surface area contributed by atoms with E-state index in [-0.39, 0.29) is 28.2 Å². The van der Waals surface area contributed by atoms with Crippen LogP contribution < -0.4 is 4.90 Å². The van der Waals surface area contributed by atoms with Crippen LogP contribution in [0.1, 0.15) is 74.9 Å². The second-order valence-corrected chi connectivity index (χ2v) is 10.2. The highest BCUT2D eigenvalue weighted by Gasteiger charge is 2.34. The Hall–Kier alpha value is -1.84. The molecule has 5 nitrogen and oxygen atoms in total. The molecular formula is C23H33NO4S. The molecule has 0 bridgehead atoms. The Labute approximate surface area is 178 Å². The van der Waals surface area contributed by atoms with E-state index in [0.717, 1.165) is 37.0 Å². The highest BCUT2D eigenvalue weighted by atomic mass is 32.1. The van der Waals surface area contributed by atoms with Crippen LogP contribution in [-0.4, -0.2) is 36.7 Å². The molecule has 0 saturated heterocycles. The number of hydrogen-bond acceptors (Lipinski definition) is 4. The number of carboxylic acids is 1. The number of rotatable bonds is 6.